The minimum atomic E-state index is -1.26. The van der Waals surface area contributed by atoms with E-state index < -0.39 is 35.8 Å². The summed E-state index contributed by atoms with van der Waals surface area (Å²) in [4.78, 5) is 63.3. The van der Waals surface area contributed by atoms with Gasteiger partial charge in [0.2, 0.25) is 0 Å². The summed E-state index contributed by atoms with van der Waals surface area (Å²) in [6.45, 7) is 8.44. The second-order valence-corrected chi connectivity index (χ2v) is 8.16. The molecule has 0 aromatic heterocycles. The number of fused-ring (bicyclic) bond motifs is 1. The van der Waals surface area contributed by atoms with Gasteiger partial charge >= 0.3 is 12.0 Å². The van der Waals surface area contributed by atoms with Crippen molar-refractivity contribution in [2.45, 2.75) is 46.8 Å². The number of carbonyl (C=O) groups excluding carboxylic acids is 5. The summed E-state index contributed by atoms with van der Waals surface area (Å²) in [6, 6.07) is 8.60. The fourth-order valence-corrected chi connectivity index (χ4v) is 3.34. The van der Waals surface area contributed by atoms with E-state index in [4.69, 9.17) is 4.74 Å². The summed E-state index contributed by atoms with van der Waals surface area (Å²) in [6.07, 6.45) is -1.26. The number of carbonyl (C=O) groups is 5. The maximum atomic E-state index is 13.0. The van der Waals surface area contributed by atoms with Crippen molar-refractivity contribution < 1.29 is 28.7 Å². The molecular formula is C24H25N3O6. The maximum absolute atomic E-state index is 13.0. The van der Waals surface area contributed by atoms with Gasteiger partial charge in [0.25, 0.3) is 17.7 Å². The average molecular weight is 451 g/mol. The fraction of sp³-hybridized carbons (Fsp3) is 0.292. The van der Waals surface area contributed by atoms with Crippen molar-refractivity contribution in [2.75, 3.05) is 4.90 Å². The van der Waals surface area contributed by atoms with Crippen LogP contribution in [-0.2, 0) is 9.53 Å². The van der Waals surface area contributed by atoms with Gasteiger partial charge in [-0.3, -0.25) is 19.7 Å². The summed E-state index contributed by atoms with van der Waals surface area (Å²) < 4.78 is 5.13. The van der Waals surface area contributed by atoms with E-state index in [1.165, 1.54) is 25.1 Å². The molecule has 172 valence electrons. The number of nitrogens with one attached hydrogen (secondary N) is 2. The zero-order valence-electron chi connectivity index (χ0n) is 19.0. The lowest BCUT2D eigenvalue weighted by Gasteiger charge is -2.17. The number of nitrogens with zero attached hydrogens (tertiary/aromatic N) is 1. The standard InChI is InChI=1S/C24H25N3O6/c1-12(2)25-24(32)26-20(28)15(5)33-23(31)16-8-9-17-18(11-16)22(30)27(21(17)29)19-10-13(3)6-7-14(19)4/h6-12,15H,1-5H3,(H2,25,26,28,32)/t15-/m0/s1. The van der Waals surface area contributed by atoms with E-state index >= 15 is 0 Å². The number of hydrogen-bond donors (Lipinski definition) is 2. The Kier molecular flexibility index (Phi) is 6.62. The second-order valence-electron chi connectivity index (χ2n) is 8.16. The van der Waals surface area contributed by atoms with Gasteiger partial charge in [0.15, 0.2) is 6.10 Å². The van der Waals surface area contributed by atoms with Crippen LogP contribution in [0.1, 0.15) is 63.0 Å². The Morgan fingerprint density at radius 2 is 1.58 bits per heavy atom. The van der Waals surface area contributed by atoms with E-state index in [-0.39, 0.29) is 22.7 Å². The third-order valence-electron chi connectivity index (χ3n) is 5.04. The molecule has 3 rings (SSSR count). The number of urea groups is 1. The lowest BCUT2D eigenvalue weighted by Crippen LogP contribution is -2.46. The van der Waals surface area contributed by atoms with Crippen molar-refractivity contribution in [3.63, 3.8) is 0 Å². The third-order valence-corrected chi connectivity index (χ3v) is 5.04. The third kappa shape index (κ3) is 4.92. The van der Waals surface area contributed by atoms with Gasteiger partial charge in [0.05, 0.1) is 22.4 Å². The van der Waals surface area contributed by atoms with Crippen LogP contribution in [0.25, 0.3) is 0 Å². The van der Waals surface area contributed by atoms with Crippen molar-refractivity contribution >= 4 is 35.4 Å². The molecular weight excluding hydrogens is 426 g/mol. The van der Waals surface area contributed by atoms with Crippen LogP contribution >= 0.6 is 0 Å². The van der Waals surface area contributed by atoms with Crippen molar-refractivity contribution in [2.24, 2.45) is 0 Å². The van der Waals surface area contributed by atoms with Gasteiger partial charge in [-0.25, -0.2) is 14.5 Å². The minimum absolute atomic E-state index is 0.00370. The first-order chi connectivity index (χ1) is 15.5. The summed E-state index contributed by atoms with van der Waals surface area (Å²) in [5.74, 6) is -2.69. The Bertz CT molecular complexity index is 1170. The van der Waals surface area contributed by atoms with Gasteiger partial charge in [0, 0.05) is 6.04 Å². The molecule has 0 spiro atoms. The average Bonchev–Trinajstić information content (AvgIpc) is 2.98. The van der Waals surface area contributed by atoms with Crippen LogP contribution in [0.2, 0.25) is 0 Å². The first-order valence-corrected chi connectivity index (χ1v) is 10.4. The highest BCUT2D eigenvalue weighted by Crippen LogP contribution is 2.32. The highest BCUT2D eigenvalue weighted by atomic mass is 16.5. The lowest BCUT2D eigenvalue weighted by molar-refractivity contribution is -0.127. The van der Waals surface area contributed by atoms with Crippen molar-refractivity contribution in [3.8, 4) is 0 Å². The Labute approximate surface area is 191 Å². The largest absolute Gasteiger partial charge is 0.449 e. The number of aryl methyl sites for hydroxylation is 2. The molecule has 0 fully saturated rings. The fourth-order valence-electron chi connectivity index (χ4n) is 3.34. The molecule has 0 saturated heterocycles. The van der Waals surface area contributed by atoms with Crippen LogP contribution in [0.5, 0.6) is 0 Å². The normalized spacial score (nSPS) is 13.6. The zero-order chi connectivity index (χ0) is 24.4. The van der Waals surface area contributed by atoms with Crippen LogP contribution in [-0.4, -0.2) is 41.9 Å². The molecule has 1 aliphatic heterocycles. The van der Waals surface area contributed by atoms with Crippen LogP contribution in [0.15, 0.2) is 36.4 Å². The van der Waals surface area contributed by atoms with Crippen LogP contribution in [0.3, 0.4) is 0 Å². The van der Waals surface area contributed by atoms with E-state index in [0.717, 1.165) is 16.0 Å². The number of rotatable bonds is 5. The molecule has 2 N–H and O–H groups in total. The Morgan fingerprint density at radius 1 is 0.909 bits per heavy atom. The molecule has 0 saturated carbocycles. The molecule has 1 heterocycles. The van der Waals surface area contributed by atoms with E-state index in [1.807, 2.05) is 19.1 Å². The summed E-state index contributed by atoms with van der Waals surface area (Å²) in [5, 5.41) is 4.57. The molecule has 0 radical (unpaired) electrons. The molecule has 1 aliphatic rings. The second kappa shape index (κ2) is 9.23. The molecule has 2 aromatic rings. The number of anilines is 1. The Balaban J connectivity index is 1.77. The summed E-state index contributed by atoms with van der Waals surface area (Å²) in [7, 11) is 0. The summed E-state index contributed by atoms with van der Waals surface area (Å²) >= 11 is 0. The van der Waals surface area contributed by atoms with E-state index in [9.17, 15) is 24.0 Å². The highest BCUT2D eigenvalue weighted by Gasteiger charge is 2.38. The quantitative estimate of drug-likeness (QED) is 0.533. The van der Waals surface area contributed by atoms with Crippen LogP contribution in [0, 0.1) is 13.8 Å². The molecule has 1 atom stereocenters. The molecule has 33 heavy (non-hydrogen) atoms. The van der Waals surface area contributed by atoms with E-state index in [0.29, 0.717) is 5.69 Å². The van der Waals surface area contributed by atoms with Gasteiger partial charge in [-0.2, -0.15) is 0 Å². The number of benzene rings is 2. The summed E-state index contributed by atoms with van der Waals surface area (Å²) in [5.41, 5.74) is 2.39. The van der Waals surface area contributed by atoms with Gasteiger partial charge < -0.3 is 10.1 Å². The van der Waals surface area contributed by atoms with Crippen molar-refractivity contribution in [1.82, 2.24) is 10.6 Å². The van der Waals surface area contributed by atoms with Crippen LogP contribution < -0.4 is 15.5 Å². The van der Waals surface area contributed by atoms with Gasteiger partial charge in [-0.1, -0.05) is 12.1 Å². The Morgan fingerprint density at radius 3 is 2.24 bits per heavy atom. The van der Waals surface area contributed by atoms with E-state index in [2.05, 4.69) is 10.6 Å². The molecule has 9 heteroatoms. The smallest absolute Gasteiger partial charge is 0.338 e. The predicted octanol–water partition coefficient (Wildman–Crippen LogP) is 2.88. The number of hydrogen-bond acceptors (Lipinski definition) is 6. The van der Waals surface area contributed by atoms with Gasteiger partial charge in [-0.05, 0) is 70.0 Å². The number of esters is 1. The number of amides is 5. The molecule has 0 unspecified atom stereocenters. The first-order valence-electron chi connectivity index (χ1n) is 10.4. The number of ether oxygens (including phenoxy) is 1. The van der Waals surface area contributed by atoms with Crippen LogP contribution in [0.4, 0.5) is 10.5 Å². The Hall–Kier alpha value is -4.01. The SMILES string of the molecule is Cc1ccc(C)c(N2C(=O)c3ccc(C(=O)O[C@@H](C)C(=O)NC(=O)NC(C)C)cc3C2=O)c1. The lowest BCUT2D eigenvalue weighted by atomic mass is 10.1. The van der Waals surface area contributed by atoms with E-state index in [1.54, 1.807) is 26.8 Å². The van der Waals surface area contributed by atoms with Gasteiger partial charge in [-0.15, -0.1) is 0 Å². The monoisotopic (exact) mass is 451 g/mol. The van der Waals surface area contributed by atoms with Gasteiger partial charge in [0.1, 0.15) is 0 Å². The van der Waals surface area contributed by atoms with Crippen molar-refractivity contribution in [1.29, 1.82) is 0 Å². The topological polar surface area (TPSA) is 122 Å². The first kappa shape index (κ1) is 23.6. The number of imide groups is 2. The maximum Gasteiger partial charge on any atom is 0.338 e. The predicted molar refractivity (Wildman–Crippen MR) is 120 cm³/mol. The minimum Gasteiger partial charge on any atom is -0.449 e. The zero-order valence-corrected chi connectivity index (χ0v) is 19.0. The molecule has 9 nitrogen and oxygen atoms in total. The van der Waals surface area contributed by atoms with Crippen molar-refractivity contribution in [3.05, 3.63) is 64.2 Å². The molecule has 2 aromatic carbocycles. The molecule has 0 bridgehead atoms. The highest BCUT2D eigenvalue weighted by molar-refractivity contribution is 6.35. The molecule has 5 amide bonds. The molecule has 0 aliphatic carbocycles.